The van der Waals surface area contributed by atoms with Crippen LogP contribution in [-0.2, 0) is 4.79 Å². The first-order valence-electron chi connectivity index (χ1n) is 6.65. The van der Waals surface area contributed by atoms with E-state index in [1.807, 2.05) is 0 Å². The Balaban J connectivity index is 1.66. The van der Waals surface area contributed by atoms with Gasteiger partial charge in [-0.15, -0.1) is 0 Å². The first-order chi connectivity index (χ1) is 9.53. The summed E-state index contributed by atoms with van der Waals surface area (Å²) in [7, 11) is 0. The molecule has 0 bridgehead atoms. The first kappa shape index (κ1) is 13.4. The number of hydrogen-bond acceptors (Lipinski definition) is 3. The number of aliphatic carboxylic acids is 1. The molecule has 1 aromatic rings. The van der Waals surface area contributed by atoms with Crippen molar-refractivity contribution in [2.24, 2.45) is 11.3 Å². The Morgan fingerprint density at radius 1 is 1.40 bits per heavy atom. The van der Waals surface area contributed by atoms with Crippen LogP contribution in [0.5, 0.6) is 0 Å². The van der Waals surface area contributed by atoms with Gasteiger partial charge in [0, 0.05) is 25.5 Å². The molecule has 1 saturated carbocycles. The number of rotatable bonds is 2. The Labute approximate surface area is 121 Å². The molecular weight excluding hydrogens is 280 g/mol. The first-order valence-corrected chi connectivity index (χ1v) is 7.03. The van der Waals surface area contributed by atoms with E-state index < -0.39 is 5.97 Å². The van der Waals surface area contributed by atoms with Crippen molar-refractivity contribution >= 4 is 23.5 Å². The molecule has 3 rings (SSSR count). The molecule has 1 unspecified atom stereocenters. The van der Waals surface area contributed by atoms with Gasteiger partial charge in [-0.3, -0.25) is 14.6 Å². The van der Waals surface area contributed by atoms with Crippen LogP contribution in [-0.4, -0.2) is 40.0 Å². The number of pyridine rings is 1. The Bertz CT molecular complexity index is 567. The van der Waals surface area contributed by atoms with Gasteiger partial charge in [-0.2, -0.15) is 0 Å². The molecule has 2 fully saturated rings. The molecule has 1 atom stereocenters. The van der Waals surface area contributed by atoms with Crippen LogP contribution in [0.15, 0.2) is 18.5 Å². The number of nitrogens with zero attached hydrogens (tertiary/aromatic N) is 2. The highest BCUT2D eigenvalue weighted by atomic mass is 35.5. The predicted molar refractivity (Wildman–Crippen MR) is 72.6 cm³/mol. The quantitative estimate of drug-likeness (QED) is 0.906. The van der Waals surface area contributed by atoms with E-state index in [1.165, 1.54) is 6.20 Å². The molecule has 6 heteroatoms. The monoisotopic (exact) mass is 294 g/mol. The fourth-order valence-electron chi connectivity index (χ4n) is 3.12. The molecule has 1 N–H and O–H groups in total. The number of likely N-dealkylation sites (tertiary alicyclic amines) is 1. The Kier molecular flexibility index (Phi) is 3.17. The van der Waals surface area contributed by atoms with E-state index in [0.29, 0.717) is 23.7 Å². The van der Waals surface area contributed by atoms with Gasteiger partial charge >= 0.3 is 5.97 Å². The van der Waals surface area contributed by atoms with Crippen molar-refractivity contribution in [1.82, 2.24) is 9.88 Å². The molecule has 1 aromatic heterocycles. The zero-order valence-electron chi connectivity index (χ0n) is 10.9. The number of carbonyl (C=O) groups is 2. The fraction of sp³-hybridized carbons (Fsp3) is 0.500. The second kappa shape index (κ2) is 4.74. The number of carboxylic acid groups (broad SMARTS) is 1. The molecule has 0 radical (unpaired) electrons. The van der Waals surface area contributed by atoms with E-state index in [0.717, 1.165) is 19.3 Å². The van der Waals surface area contributed by atoms with Crippen LogP contribution in [0, 0.1) is 11.3 Å². The molecule has 106 valence electrons. The van der Waals surface area contributed by atoms with Gasteiger partial charge in [0.05, 0.1) is 16.5 Å². The van der Waals surface area contributed by atoms with E-state index in [9.17, 15) is 9.59 Å². The fourth-order valence-corrected chi connectivity index (χ4v) is 3.32. The summed E-state index contributed by atoms with van der Waals surface area (Å²) in [5.74, 6) is -1.02. The van der Waals surface area contributed by atoms with Gasteiger partial charge < -0.3 is 10.0 Å². The molecule has 2 aliphatic rings. The maximum Gasteiger partial charge on any atom is 0.307 e. The summed E-state index contributed by atoms with van der Waals surface area (Å²) < 4.78 is 0. The van der Waals surface area contributed by atoms with Gasteiger partial charge in [0.25, 0.3) is 5.91 Å². The topological polar surface area (TPSA) is 70.5 Å². The van der Waals surface area contributed by atoms with E-state index in [2.05, 4.69) is 4.98 Å². The summed E-state index contributed by atoms with van der Waals surface area (Å²) in [6.07, 6.45) is 5.28. The Morgan fingerprint density at radius 2 is 2.10 bits per heavy atom. The summed E-state index contributed by atoms with van der Waals surface area (Å²) >= 11 is 5.98. The van der Waals surface area contributed by atoms with Crippen LogP contribution in [0.2, 0.25) is 5.02 Å². The molecule has 1 saturated heterocycles. The van der Waals surface area contributed by atoms with Crippen LogP contribution < -0.4 is 0 Å². The number of hydrogen-bond donors (Lipinski definition) is 1. The third-order valence-corrected chi connectivity index (χ3v) is 4.84. The van der Waals surface area contributed by atoms with E-state index in [-0.39, 0.29) is 17.2 Å². The average molecular weight is 295 g/mol. The molecule has 5 nitrogen and oxygen atoms in total. The van der Waals surface area contributed by atoms with Crippen molar-refractivity contribution in [1.29, 1.82) is 0 Å². The van der Waals surface area contributed by atoms with Gasteiger partial charge in [-0.1, -0.05) is 11.6 Å². The molecular formula is C14H15ClN2O3. The third-order valence-electron chi connectivity index (χ3n) is 4.54. The Hall–Kier alpha value is -1.62. The summed E-state index contributed by atoms with van der Waals surface area (Å²) in [4.78, 5) is 29.0. The second-order valence-corrected chi connectivity index (χ2v) is 6.01. The number of carbonyl (C=O) groups excluding carboxylic acids is 1. The van der Waals surface area contributed by atoms with Crippen LogP contribution >= 0.6 is 11.6 Å². The standard InChI is InChI=1S/C14H15ClN2O3/c15-11-8-16-4-1-9(11)12(18)17-5-2-14(3-6-17)7-10(14)13(19)20/h1,4,8,10H,2-3,5-7H2,(H,19,20). The number of halogens is 1. The summed E-state index contributed by atoms with van der Waals surface area (Å²) in [5, 5.41) is 9.41. The molecule has 0 aromatic carbocycles. The number of piperidine rings is 1. The molecule has 2 heterocycles. The minimum atomic E-state index is -0.707. The van der Waals surface area contributed by atoms with E-state index >= 15 is 0 Å². The minimum absolute atomic E-state index is 0.0648. The zero-order valence-corrected chi connectivity index (χ0v) is 11.6. The predicted octanol–water partition coefficient (Wildman–Crippen LogP) is 2.06. The summed E-state index contributed by atoms with van der Waals surface area (Å²) in [6.45, 7) is 1.20. The molecule has 1 aliphatic heterocycles. The SMILES string of the molecule is O=C(O)C1CC12CCN(C(=O)c1ccncc1Cl)CC2. The maximum absolute atomic E-state index is 12.4. The minimum Gasteiger partial charge on any atom is -0.481 e. The largest absolute Gasteiger partial charge is 0.481 e. The smallest absolute Gasteiger partial charge is 0.307 e. The lowest BCUT2D eigenvalue weighted by atomic mass is 9.90. The normalized spacial score (nSPS) is 23.6. The number of carboxylic acids is 1. The van der Waals surface area contributed by atoms with Gasteiger partial charge in [0.1, 0.15) is 0 Å². The molecule has 20 heavy (non-hydrogen) atoms. The van der Waals surface area contributed by atoms with E-state index in [4.69, 9.17) is 16.7 Å². The van der Waals surface area contributed by atoms with Crippen LogP contribution in [0.1, 0.15) is 29.6 Å². The summed E-state index contributed by atoms with van der Waals surface area (Å²) in [6, 6.07) is 1.62. The van der Waals surface area contributed by atoms with Crippen LogP contribution in [0.3, 0.4) is 0 Å². The molecule has 1 spiro atoms. The van der Waals surface area contributed by atoms with Crippen molar-refractivity contribution in [3.8, 4) is 0 Å². The van der Waals surface area contributed by atoms with Crippen LogP contribution in [0.4, 0.5) is 0 Å². The average Bonchev–Trinajstić information content (AvgIpc) is 3.14. The number of aromatic nitrogens is 1. The molecule has 1 amide bonds. The maximum atomic E-state index is 12.4. The van der Waals surface area contributed by atoms with Crippen molar-refractivity contribution in [2.75, 3.05) is 13.1 Å². The van der Waals surface area contributed by atoms with Gasteiger partial charge in [0.15, 0.2) is 0 Å². The van der Waals surface area contributed by atoms with Crippen LogP contribution in [0.25, 0.3) is 0 Å². The van der Waals surface area contributed by atoms with Crippen molar-refractivity contribution in [3.63, 3.8) is 0 Å². The van der Waals surface area contributed by atoms with Crippen molar-refractivity contribution < 1.29 is 14.7 Å². The highest BCUT2D eigenvalue weighted by molar-refractivity contribution is 6.33. The lowest BCUT2D eigenvalue weighted by molar-refractivity contribution is -0.139. The summed E-state index contributed by atoms with van der Waals surface area (Å²) in [5.41, 5.74) is 0.396. The zero-order chi connectivity index (χ0) is 14.3. The highest BCUT2D eigenvalue weighted by Crippen LogP contribution is 2.59. The lowest BCUT2D eigenvalue weighted by Gasteiger charge is -2.32. The molecule has 1 aliphatic carbocycles. The lowest BCUT2D eigenvalue weighted by Crippen LogP contribution is -2.40. The number of amides is 1. The van der Waals surface area contributed by atoms with E-state index in [1.54, 1.807) is 17.2 Å². The van der Waals surface area contributed by atoms with Gasteiger partial charge in [0.2, 0.25) is 0 Å². The van der Waals surface area contributed by atoms with Gasteiger partial charge in [-0.25, -0.2) is 0 Å². The highest BCUT2D eigenvalue weighted by Gasteiger charge is 2.59. The van der Waals surface area contributed by atoms with Crippen molar-refractivity contribution in [2.45, 2.75) is 19.3 Å². The van der Waals surface area contributed by atoms with Gasteiger partial charge in [-0.05, 0) is 30.7 Å². The Morgan fingerprint density at radius 3 is 2.65 bits per heavy atom. The second-order valence-electron chi connectivity index (χ2n) is 5.61. The van der Waals surface area contributed by atoms with Crippen molar-refractivity contribution in [3.05, 3.63) is 29.0 Å². The third kappa shape index (κ3) is 2.16.